The second-order valence-electron chi connectivity index (χ2n) is 6.15. The standard InChI is InChI=1S/C15H31N3/c1-3-8-16-14(2)12-17-11-7-15(13-17)18-9-5-4-6-10-18/h14-16H,3-13H2,1-2H3. The molecule has 2 aliphatic rings. The molecular weight excluding hydrogens is 222 g/mol. The Morgan fingerprint density at radius 1 is 1.17 bits per heavy atom. The van der Waals surface area contributed by atoms with E-state index < -0.39 is 0 Å². The molecule has 0 radical (unpaired) electrons. The number of hydrogen-bond donors (Lipinski definition) is 1. The highest BCUT2D eigenvalue weighted by Crippen LogP contribution is 2.20. The molecule has 0 aliphatic carbocycles. The number of piperidine rings is 1. The summed E-state index contributed by atoms with van der Waals surface area (Å²) < 4.78 is 0. The molecule has 2 atom stereocenters. The van der Waals surface area contributed by atoms with Gasteiger partial charge in [-0.3, -0.25) is 4.90 Å². The maximum absolute atomic E-state index is 3.60. The van der Waals surface area contributed by atoms with E-state index in [1.807, 2.05) is 0 Å². The third-order valence-corrected chi connectivity index (χ3v) is 4.43. The molecule has 0 aromatic carbocycles. The van der Waals surface area contributed by atoms with E-state index in [4.69, 9.17) is 0 Å². The molecule has 2 fully saturated rings. The average Bonchev–Trinajstić information content (AvgIpc) is 2.86. The van der Waals surface area contributed by atoms with Crippen LogP contribution in [0.2, 0.25) is 0 Å². The second-order valence-corrected chi connectivity index (χ2v) is 6.15. The zero-order valence-electron chi connectivity index (χ0n) is 12.3. The molecule has 18 heavy (non-hydrogen) atoms. The quantitative estimate of drug-likeness (QED) is 0.780. The van der Waals surface area contributed by atoms with Crippen LogP contribution in [0, 0.1) is 0 Å². The smallest absolute Gasteiger partial charge is 0.0235 e. The summed E-state index contributed by atoms with van der Waals surface area (Å²) >= 11 is 0. The van der Waals surface area contributed by atoms with Gasteiger partial charge in [-0.25, -0.2) is 0 Å². The number of likely N-dealkylation sites (tertiary alicyclic amines) is 2. The van der Waals surface area contributed by atoms with Crippen molar-refractivity contribution in [3.63, 3.8) is 0 Å². The van der Waals surface area contributed by atoms with Gasteiger partial charge < -0.3 is 10.2 Å². The van der Waals surface area contributed by atoms with Crippen molar-refractivity contribution in [1.82, 2.24) is 15.1 Å². The molecule has 2 unspecified atom stereocenters. The normalized spacial score (nSPS) is 28.7. The number of nitrogens with one attached hydrogen (secondary N) is 1. The third kappa shape index (κ3) is 4.22. The molecule has 0 spiro atoms. The summed E-state index contributed by atoms with van der Waals surface area (Å²) in [4.78, 5) is 5.40. The number of hydrogen-bond acceptors (Lipinski definition) is 3. The predicted molar refractivity (Wildman–Crippen MR) is 78.0 cm³/mol. The van der Waals surface area contributed by atoms with Gasteiger partial charge in [0.15, 0.2) is 0 Å². The lowest BCUT2D eigenvalue weighted by molar-refractivity contribution is 0.160. The Bertz CT molecular complexity index is 226. The van der Waals surface area contributed by atoms with Crippen LogP contribution >= 0.6 is 0 Å². The van der Waals surface area contributed by atoms with E-state index in [1.54, 1.807) is 0 Å². The minimum Gasteiger partial charge on any atom is -0.313 e. The highest BCUT2D eigenvalue weighted by atomic mass is 15.3. The summed E-state index contributed by atoms with van der Waals surface area (Å²) in [5, 5.41) is 3.60. The molecule has 1 N–H and O–H groups in total. The Labute approximate surface area is 113 Å². The predicted octanol–water partition coefficient (Wildman–Crippen LogP) is 1.93. The van der Waals surface area contributed by atoms with Crippen LogP contribution in [0.5, 0.6) is 0 Å². The van der Waals surface area contributed by atoms with Gasteiger partial charge >= 0.3 is 0 Å². The molecule has 0 aromatic rings. The van der Waals surface area contributed by atoms with Gasteiger partial charge in [0.2, 0.25) is 0 Å². The van der Waals surface area contributed by atoms with Gasteiger partial charge in [-0.2, -0.15) is 0 Å². The highest BCUT2D eigenvalue weighted by molar-refractivity contribution is 4.86. The maximum atomic E-state index is 3.60. The summed E-state index contributed by atoms with van der Waals surface area (Å²) in [6.07, 6.45) is 6.92. The van der Waals surface area contributed by atoms with E-state index in [1.165, 1.54) is 64.8 Å². The molecule has 106 valence electrons. The Balaban J connectivity index is 1.67. The van der Waals surface area contributed by atoms with E-state index in [-0.39, 0.29) is 0 Å². The van der Waals surface area contributed by atoms with E-state index in [2.05, 4.69) is 29.0 Å². The van der Waals surface area contributed by atoms with Gasteiger partial charge in [0, 0.05) is 25.2 Å². The fourth-order valence-electron chi connectivity index (χ4n) is 3.40. The Hall–Kier alpha value is -0.120. The van der Waals surface area contributed by atoms with Gasteiger partial charge in [-0.05, 0) is 58.8 Å². The molecular formula is C15H31N3. The van der Waals surface area contributed by atoms with E-state index in [0.717, 1.165) is 12.6 Å². The van der Waals surface area contributed by atoms with E-state index >= 15 is 0 Å². The lowest BCUT2D eigenvalue weighted by atomic mass is 10.1. The Morgan fingerprint density at radius 2 is 1.94 bits per heavy atom. The van der Waals surface area contributed by atoms with Gasteiger partial charge in [-0.1, -0.05) is 13.3 Å². The van der Waals surface area contributed by atoms with Crippen LogP contribution in [0.3, 0.4) is 0 Å². The summed E-state index contributed by atoms with van der Waals surface area (Å²) in [5.41, 5.74) is 0. The van der Waals surface area contributed by atoms with Crippen molar-refractivity contribution < 1.29 is 0 Å². The van der Waals surface area contributed by atoms with Crippen molar-refractivity contribution in [2.45, 2.75) is 58.0 Å². The average molecular weight is 253 g/mol. The summed E-state index contributed by atoms with van der Waals surface area (Å²) in [6, 6.07) is 1.49. The molecule has 0 bridgehead atoms. The summed E-state index contributed by atoms with van der Waals surface area (Å²) in [6.45, 7) is 12.3. The maximum Gasteiger partial charge on any atom is 0.0235 e. The highest BCUT2D eigenvalue weighted by Gasteiger charge is 2.28. The van der Waals surface area contributed by atoms with E-state index in [9.17, 15) is 0 Å². The van der Waals surface area contributed by atoms with Gasteiger partial charge in [0.05, 0.1) is 0 Å². The van der Waals surface area contributed by atoms with Crippen LogP contribution in [-0.2, 0) is 0 Å². The summed E-state index contributed by atoms with van der Waals surface area (Å²) in [5.74, 6) is 0. The zero-order valence-corrected chi connectivity index (χ0v) is 12.3. The zero-order chi connectivity index (χ0) is 12.8. The third-order valence-electron chi connectivity index (χ3n) is 4.43. The second kappa shape index (κ2) is 7.46. The molecule has 0 aromatic heterocycles. The van der Waals surface area contributed by atoms with Gasteiger partial charge in [0.1, 0.15) is 0 Å². The van der Waals surface area contributed by atoms with Crippen LogP contribution in [0.15, 0.2) is 0 Å². The number of nitrogens with zero attached hydrogens (tertiary/aromatic N) is 2. The molecule has 2 aliphatic heterocycles. The molecule has 0 amide bonds. The van der Waals surface area contributed by atoms with Gasteiger partial charge in [-0.15, -0.1) is 0 Å². The first-order chi connectivity index (χ1) is 8.79. The molecule has 2 saturated heterocycles. The lowest BCUT2D eigenvalue weighted by Crippen LogP contribution is -2.43. The van der Waals surface area contributed by atoms with Crippen molar-refractivity contribution in [3.05, 3.63) is 0 Å². The first-order valence-corrected chi connectivity index (χ1v) is 7.99. The molecule has 3 nitrogen and oxygen atoms in total. The van der Waals surface area contributed by atoms with Crippen molar-refractivity contribution >= 4 is 0 Å². The minimum atomic E-state index is 0.644. The topological polar surface area (TPSA) is 18.5 Å². The number of rotatable bonds is 6. The minimum absolute atomic E-state index is 0.644. The molecule has 3 heteroatoms. The monoisotopic (exact) mass is 253 g/mol. The molecule has 0 saturated carbocycles. The SMILES string of the molecule is CCCNC(C)CN1CCC(N2CCCCC2)C1. The lowest BCUT2D eigenvalue weighted by Gasteiger charge is -2.32. The van der Waals surface area contributed by atoms with Crippen molar-refractivity contribution in [1.29, 1.82) is 0 Å². The Kier molecular flexibility index (Phi) is 5.93. The van der Waals surface area contributed by atoms with Crippen molar-refractivity contribution in [2.24, 2.45) is 0 Å². The van der Waals surface area contributed by atoms with Crippen molar-refractivity contribution in [3.8, 4) is 0 Å². The molecule has 2 heterocycles. The van der Waals surface area contributed by atoms with Crippen LogP contribution in [0.1, 0.15) is 46.0 Å². The summed E-state index contributed by atoms with van der Waals surface area (Å²) in [7, 11) is 0. The van der Waals surface area contributed by atoms with Crippen LogP contribution < -0.4 is 5.32 Å². The fourth-order valence-corrected chi connectivity index (χ4v) is 3.40. The van der Waals surface area contributed by atoms with Crippen LogP contribution in [-0.4, -0.2) is 61.2 Å². The first kappa shape index (κ1) is 14.3. The largest absolute Gasteiger partial charge is 0.313 e. The van der Waals surface area contributed by atoms with Gasteiger partial charge in [0.25, 0.3) is 0 Å². The Morgan fingerprint density at radius 3 is 2.67 bits per heavy atom. The molecule has 2 rings (SSSR count). The van der Waals surface area contributed by atoms with Crippen LogP contribution in [0.25, 0.3) is 0 Å². The van der Waals surface area contributed by atoms with Crippen molar-refractivity contribution in [2.75, 3.05) is 39.3 Å². The first-order valence-electron chi connectivity index (χ1n) is 7.99. The fraction of sp³-hybridized carbons (Fsp3) is 1.00. The van der Waals surface area contributed by atoms with Crippen LogP contribution in [0.4, 0.5) is 0 Å². The van der Waals surface area contributed by atoms with E-state index in [0.29, 0.717) is 6.04 Å².